The molecule has 0 aromatic heterocycles. The number of benzene rings is 1. The SMILES string of the molecule is N=C(N)c1c(Br)cccc1N(CCO)C1CCCC1. The lowest BCUT2D eigenvalue weighted by atomic mass is 10.1. The number of nitrogens with one attached hydrogen (secondary N) is 1. The molecule has 0 unspecified atom stereocenters. The quantitative estimate of drug-likeness (QED) is 0.575. The second-order valence-electron chi connectivity index (χ2n) is 4.90. The van der Waals surface area contributed by atoms with Gasteiger partial charge in [-0.3, -0.25) is 5.41 Å². The van der Waals surface area contributed by atoms with Gasteiger partial charge in [0.15, 0.2) is 0 Å². The first-order chi connectivity index (χ1) is 9.15. The highest BCUT2D eigenvalue weighted by molar-refractivity contribution is 9.10. The highest BCUT2D eigenvalue weighted by atomic mass is 79.9. The summed E-state index contributed by atoms with van der Waals surface area (Å²) in [7, 11) is 0. The van der Waals surface area contributed by atoms with Crippen LogP contribution < -0.4 is 10.6 Å². The molecule has 4 nitrogen and oxygen atoms in total. The molecule has 0 spiro atoms. The van der Waals surface area contributed by atoms with Gasteiger partial charge in [-0.2, -0.15) is 0 Å². The van der Waals surface area contributed by atoms with Crippen molar-refractivity contribution in [1.29, 1.82) is 5.41 Å². The predicted molar refractivity (Wildman–Crippen MR) is 81.8 cm³/mol. The second-order valence-corrected chi connectivity index (χ2v) is 5.76. The van der Waals surface area contributed by atoms with Crippen molar-refractivity contribution in [3.63, 3.8) is 0 Å². The van der Waals surface area contributed by atoms with Crippen LogP contribution in [0.3, 0.4) is 0 Å². The fourth-order valence-corrected chi connectivity index (χ4v) is 3.41. The maximum Gasteiger partial charge on any atom is 0.126 e. The van der Waals surface area contributed by atoms with Crippen LogP contribution in [0.1, 0.15) is 31.2 Å². The highest BCUT2D eigenvalue weighted by Gasteiger charge is 2.25. The average Bonchev–Trinajstić information content (AvgIpc) is 2.88. The van der Waals surface area contributed by atoms with Crippen LogP contribution in [0.25, 0.3) is 0 Å². The fourth-order valence-electron chi connectivity index (χ4n) is 2.84. The van der Waals surface area contributed by atoms with Gasteiger partial charge >= 0.3 is 0 Å². The molecule has 0 amide bonds. The Morgan fingerprint density at radius 1 is 1.42 bits per heavy atom. The maximum absolute atomic E-state index is 9.32. The van der Waals surface area contributed by atoms with Crippen molar-refractivity contribution in [2.24, 2.45) is 5.73 Å². The number of nitrogens with zero attached hydrogens (tertiary/aromatic N) is 1. The molecule has 1 aliphatic rings. The Morgan fingerprint density at radius 2 is 2.11 bits per heavy atom. The van der Waals surface area contributed by atoms with Gasteiger partial charge in [0, 0.05) is 22.7 Å². The molecule has 2 rings (SSSR count). The third-order valence-corrected chi connectivity index (χ3v) is 4.34. The molecular formula is C14H20BrN3O. The van der Waals surface area contributed by atoms with E-state index in [2.05, 4.69) is 20.8 Å². The summed E-state index contributed by atoms with van der Waals surface area (Å²) in [5.41, 5.74) is 7.38. The fraction of sp³-hybridized carbons (Fsp3) is 0.500. The summed E-state index contributed by atoms with van der Waals surface area (Å²) in [6.07, 6.45) is 4.75. The predicted octanol–water partition coefficient (Wildman–Crippen LogP) is 2.47. The van der Waals surface area contributed by atoms with Crippen LogP contribution >= 0.6 is 15.9 Å². The molecule has 0 atom stereocenters. The average molecular weight is 326 g/mol. The summed E-state index contributed by atoms with van der Waals surface area (Å²) in [4.78, 5) is 2.20. The van der Waals surface area contributed by atoms with Crippen molar-refractivity contribution >= 4 is 27.5 Å². The molecule has 4 N–H and O–H groups in total. The van der Waals surface area contributed by atoms with Crippen molar-refractivity contribution < 1.29 is 5.11 Å². The molecule has 0 radical (unpaired) electrons. The number of halogens is 1. The van der Waals surface area contributed by atoms with Crippen molar-refractivity contribution in [2.75, 3.05) is 18.1 Å². The number of amidine groups is 1. The van der Waals surface area contributed by atoms with E-state index in [0.717, 1.165) is 28.6 Å². The molecule has 1 aromatic rings. The van der Waals surface area contributed by atoms with E-state index in [1.165, 1.54) is 12.8 Å². The molecule has 5 heteroatoms. The molecule has 1 saturated carbocycles. The van der Waals surface area contributed by atoms with Gasteiger partial charge in [0.25, 0.3) is 0 Å². The third-order valence-electron chi connectivity index (χ3n) is 3.68. The minimum Gasteiger partial charge on any atom is -0.395 e. The normalized spacial score (nSPS) is 15.7. The largest absolute Gasteiger partial charge is 0.395 e. The van der Waals surface area contributed by atoms with Crippen molar-refractivity contribution in [3.05, 3.63) is 28.2 Å². The number of hydrogen-bond acceptors (Lipinski definition) is 3. The summed E-state index contributed by atoms with van der Waals surface area (Å²) in [6, 6.07) is 6.27. The molecule has 104 valence electrons. The zero-order valence-corrected chi connectivity index (χ0v) is 12.5. The highest BCUT2D eigenvalue weighted by Crippen LogP contribution is 2.33. The first kappa shape index (κ1) is 14.3. The number of anilines is 1. The summed E-state index contributed by atoms with van der Waals surface area (Å²) in [6.45, 7) is 0.696. The second kappa shape index (κ2) is 6.39. The Hall–Kier alpha value is -1.07. The Bertz CT molecular complexity index is 458. The monoisotopic (exact) mass is 325 g/mol. The molecule has 0 bridgehead atoms. The Labute approximate surface area is 122 Å². The lowest BCUT2D eigenvalue weighted by molar-refractivity contribution is 0.297. The molecule has 0 heterocycles. The molecule has 0 aliphatic heterocycles. The van der Waals surface area contributed by atoms with Crippen molar-refractivity contribution in [3.8, 4) is 0 Å². The number of nitrogens with two attached hydrogens (primary N) is 1. The number of rotatable bonds is 5. The van der Waals surface area contributed by atoms with E-state index in [9.17, 15) is 5.11 Å². The number of nitrogen functional groups attached to an aromatic ring is 1. The smallest absolute Gasteiger partial charge is 0.126 e. The van der Waals surface area contributed by atoms with E-state index < -0.39 is 0 Å². The Kier molecular flexibility index (Phi) is 4.82. The summed E-state index contributed by atoms with van der Waals surface area (Å²) in [5, 5.41) is 17.1. The number of aliphatic hydroxyl groups is 1. The molecule has 1 fully saturated rings. The topological polar surface area (TPSA) is 73.3 Å². The Morgan fingerprint density at radius 3 is 2.68 bits per heavy atom. The maximum atomic E-state index is 9.32. The molecule has 1 aromatic carbocycles. The Balaban J connectivity index is 2.40. The number of aliphatic hydroxyl groups excluding tert-OH is 1. The van der Waals surface area contributed by atoms with Crippen LogP contribution in [0, 0.1) is 5.41 Å². The summed E-state index contributed by atoms with van der Waals surface area (Å²) >= 11 is 3.47. The van der Waals surface area contributed by atoms with Crippen LogP contribution in [0.2, 0.25) is 0 Å². The van der Waals surface area contributed by atoms with Crippen molar-refractivity contribution in [1.82, 2.24) is 0 Å². The zero-order chi connectivity index (χ0) is 13.8. The van der Waals surface area contributed by atoms with E-state index in [-0.39, 0.29) is 12.4 Å². The van der Waals surface area contributed by atoms with Crippen molar-refractivity contribution in [2.45, 2.75) is 31.7 Å². The number of hydrogen-bond donors (Lipinski definition) is 3. The molecular weight excluding hydrogens is 306 g/mol. The van der Waals surface area contributed by atoms with Gasteiger partial charge in [-0.05, 0) is 40.9 Å². The van der Waals surface area contributed by atoms with Gasteiger partial charge in [-0.15, -0.1) is 0 Å². The lowest BCUT2D eigenvalue weighted by Gasteiger charge is -2.32. The third kappa shape index (κ3) is 3.09. The van der Waals surface area contributed by atoms with Gasteiger partial charge in [-0.1, -0.05) is 18.9 Å². The summed E-state index contributed by atoms with van der Waals surface area (Å²) in [5.74, 6) is 0.0587. The van der Waals surface area contributed by atoms with Gasteiger partial charge in [0.1, 0.15) is 5.84 Å². The van der Waals surface area contributed by atoms with E-state index in [4.69, 9.17) is 11.1 Å². The van der Waals surface area contributed by atoms with Crippen LogP contribution in [-0.2, 0) is 0 Å². The first-order valence-corrected chi connectivity index (χ1v) is 7.45. The lowest BCUT2D eigenvalue weighted by Crippen LogP contribution is -2.37. The van der Waals surface area contributed by atoms with Gasteiger partial charge in [0.05, 0.1) is 12.2 Å². The molecule has 1 aliphatic carbocycles. The van der Waals surface area contributed by atoms with Crippen LogP contribution in [0.4, 0.5) is 5.69 Å². The van der Waals surface area contributed by atoms with E-state index >= 15 is 0 Å². The van der Waals surface area contributed by atoms with E-state index in [1.54, 1.807) is 0 Å². The van der Waals surface area contributed by atoms with Crippen LogP contribution in [-0.4, -0.2) is 30.1 Å². The van der Waals surface area contributed by atoms with Gasteiger partial charge < -0.3 is 15.7 Å². The van der Waals surface area contributed by atoms with E-state index in [0.29, 0.717) is 12.6 Å². The van der Waals surface area contributed by atoms with Crippen LogP contribution in [0.15, 0.2) is 22.7 Å². The van der Waals surface area contributed by atoms with Gasteiger partial charge in [0.2, 0.25) is 0 Å². The van der Waals surface area contributed by atoms with E-state index in [1.807, 2.05) is 18.2 Å². The molecule has 0 saturated heterocycles. The standard InChI is InChI=1S/C14H20BrN3O/c15-11-6-3-7-12(13(11)14(16)17)18(8-9-19)10-4-1-2-5-10/h3,6-7,10,19H,1-2,4-5,8-9H2,(H3,16,17). The zero-order valence-electron chi connectivity index (χ0n) is 10.9. The minimum absolute atomic E-state index is 0.0587. The first-order valence-electron chi connectivity index (χ1n) is 6.65. The minimum atomic E-state index is 0.0587. The summed E-state index contributed by atoms with van der Waals surface area (Å²) < 4.78 is 0.832. The van der Waals surface area contributed by atoms with Crippen LogP contribution in [0.5, 0.6) is 0 Å². The molecule has 19 heavy (non-hydrogen) atoms. The van der Waals surface area contributed by atoms with Gasteiger partial charge in [-0.25, -0.2) is 0 Å².